The van der Waals surface area contributed by atoms with Gasteiger partial charge in [-0.15, -0.1) is 0 Å². The Bertz CT molecular complexity index is 97.0. The van der Waals surface area contributed by atoms with E-state index in [1.165, 1.54) is 32.1 Å². The number of rotatable bonds is 0. The maximum atomic E-state index is 7.31. The highest BCUT2D eigenvalue weighted by atomic mass is 14.5. The molecule has 0 aliphatic heterocycles. The normalized spacial score (nSPS) is 39.1. The van der Waals surface area contributed by atoms with Crippen molar-refractivity contribution in [1.82, 2.24) is 0 Å². The molecule has 2 aliphatic carbocycles. The van der Waals surface area contributed by atoms with E-state index in [0.29, 0.717) is 6.40 Å². The van der Waals surface area contributed by atoms with Crippen LogP contribution in [-0.2, 0) is 0 Å². The molecule has 0 aromatic heterocycles. The Balaban J connectivity index is 1.92. The van der Waals surface area contributed by atoms with Gasteiger partial charge in [-0.1, -0.05) is 12.8 Å². The third kappa shape index (κ3) is 0.375. The lowest BCUT2D eigenvalue weighted by Gasteiger charge is -2.49. The molecule has 0 aromatic carbocycles. The van der Waals surface area contributed by atoms with E-state index in [2.05, 4.69) is 0 Å². The quantitative estimate of drug-likeness (QED) is 0.435. The molecule has 2 rings (SSSR count). The summed E-state index contributed by atoms with van der Waals surface area (Å²) in [4.78, 5) is 0. The van der Waals surface area contributed by atoms with Crippen LogP contribution in [0.3, 0.4) is 0 Å². The first-order valence-corrected chi connectivity index (χ1v) is 3.23. The lowest BCUT2D eigenvalue weighted by Crippen LogP contribution is -2.35. The summed E-state index contributed by atoms with van der Waals surface area (Å²) in [5, 5.41) is 0. The molecule has 0 unspecified atom stereocenters. The van der Waals surface area contributed by atoms with Crippen molar-refractivity contribution < 1.29 is 1.37 Å². The first-order chi connectivity index (χ1) is 3.81. The molecular weight excluding hydrogens is 84.1 g/mol. The molecule has 0 N–H and O–H groups in total. The summed E-state index contributed by atoms with van der Waals surface area (Å²) in [5.74, 6) is 0. The van der Waals surface area contributed by atoms with Crippen molar-refractivity contribution >= 4 is 0 Å². The maximum absolute atomic E-state index is 7.31. The topological polar surface area (TPSA) is 0 Å². The second-order valence-corrected chi connectivity index (χ2v) is 3.05. The molecule has 0 nitrogen and oxygen atoms in total. The molecule has 40 valence electrons. The van der Waals surface area contributed by atoms with Crippen molar-refractivity contribution in [2.45, 2.75) is 38.5 Å². The Morgan fingerprint density at radius 3 is 2.00 bits per heavy atom. The lowest BCUT2D eigenvalue weighted by atomic mass is 9.56. The van der Waals surface area contributed by atoms with Crippen LogP contribution >= 0.6 is 0 Å². The highest BCUT2D eigenvalue weighted by Gasteiger charge is 2.41. The van der Waals surface area contributed by atoms with E-state index in [0.717, 1.165) is 5.41 Å². The zero-order chi connectivity index (χ0) is 5.61. The van der Waals surface area contributed by atoms with Gasteiger partial charge in [0.25, 0.3) is 0 Å². The molecule has 0 aromatic rings. The second kappa shape index (κ2) is 1.04. The SMILES string of the molecule is [2H]C1CC2(CCC2)C1. The zero-order valence-corrected chi connectivity index (χ0v) is 4.61. The van der Waals surface area contributed by atoms with Gasteiger partial charge in [0.2, 0.25) is 0 Å². The highest BCUT2D eigenvalue weighted by molar-refractivity contribution is 4.93. The van der Waals surface area contributed by atoms with E-state index in [1.807, 2.05) is 0 Å². The molecule has 0 bridgehead atoms. The highest BCUT2D eigenvalue weighted by Crippen LogP contribution is 2.55. The van der Waals surface area contributed by atoms with Crippen LogP contribution in [0.2, 0.25) is 0 Å². The lowest BCUT2D eigenvalue weighted by molar-refractivity contribution is 0.0314. The third-order valence-electron chi connectivity index (χ3n) is 2.57. The van der Waals surface area contributed by atoms with Gasteiger partial charge >= 0.3 is 0 Å². The second-order valence-electron chi connectivity index (χ2n) is 3.05. The molecular formula is C7H12. The molecule has 2 saturated carbocycles. The summed E-state index contributed by atoms with van der Waals surface area (Å²) in [5.41, 5.74) is 0.729. The van der Waals surface area contributed by atoms with Crippen LogP contribution in [-0.4, -0.2) is 0 Å². The minimum Gasteiger partial charge on any atom is -0.0522 e. The fourth-order valence-corrected chi connectivity index (χ4v) is 1.64. The van der Waals surface area contributed by atoms with Gasteiger partial charge in [-0.05, 0) is 31.1 Å². The summed E-state index contributed by atoms with van der Waals surface area (Å²) in [6, 6.07) is 0. The molecule has 7 heavy (non-hydrogen) atoms. The van der Waals surface area contributed by atoms with Crippen molar-refractivity contribution in [3.8, 4) is 0 Å². The van der Waals surface area contributed by atoms with Crippen molar-refractivity contribution in [3.63, 3.8) is 0 Å². The van der Waals surface area contributed by atoms with Crippen LogP contribution in [0, 0.1) is 5.41 Å². The first-order valence-electron chi connectivity index (χ1n) is 3.81. The fourth-order valence-electron chi connectivity index (χ4n) is 1.64. The fraction of sp³-hybridized carbons (Fsp3) is 1.00. The van der Waals surface area contributed by atoms with Gasteiger partial charge in [0.15, 0.2) is 0 Å². The summed E-state index contributed by atoms with van der Waals surface area (Å²) >= 11 is 0. The number of hydrogen-bond acceptors (Lipinski definition) is 0. The molecule has 0 saturated heterocycles. The Kier molecular flexibility index (Phi) is 0.463. The van der Waals surface area contributed by atoms with Gasteiger partial charge in [-0.3, -0.25) is 0 Å². The summed E-state index contributed by atoms with van der Waals surface area (Å²) in [7, 11) is 0. The van der Waals surface area contributed by atoms with E-state index >= 15 is 0 Å². The summed E-state index contributed by atoms with van der Waals surface area (Å²) in [6.07, 6.45) is 7.05. The predicted molar refractivity (Wildman–Crippen MR) is 30.1 cm³/mol. The van der Waals surface area contributed by atoms with Gasteiger partial charge in [0, 0.05) is 1.37 Å². The van der Waals surface area contributed by atoms with Crippen molar-refractivity contribution in [1.29, 1.82) is 0 Å². The van der Waals surface area contributed by atoms with Crippen LogP contribution in [0.5, 0.6) is 0 Å². The minimum atomic E-state index is 0.315. The largest absolute Gasteiger partial charge is 0.0522 e. The zero-order valence-electron chi connectivity index (χ0n) is 5.61. The standard InChI is InChI=1S/C7H12/c1-3-7(4-1)5-2-6-7/h1-6H2/i1D. The average molecular weight is 97.2 g/mol. The molecule has 0 heterocycles. The van der Waals surface area contributed by atoms with E-state index < -0.39 is 0 Å². The van der Waals surface area contributed by atoms with Crippen LogP contribution < -0.4 is 0 Å². The van der Waals surface area contributed by atoms with Crippen molar-refractivity contribution in [2.24, 2.45) is 5.41 Å². The molecule has 0 radical (unpaired) electrons. The Morgan fingerprint density at radius 2 is 1.86 bits per heavy atom. The van der Waals surface area contributed by atoms with E-state index in [1.54, 1.807) is 0 Å². The summed E-state index contributed by atoms with van der Waals surface area (Å²) < 4.78 is 7.31. The van der Waals surface area contributed by atoms with Gasteiger partial charge in [0.05, 0.1) is 0 Å². The third-order valence-corrected chi connectivity index (χ3v) is 2.57. The van der Waals surface area contributed by atoms with Crippen molar-refractivity contribution in [2.75, 3.05) is 0 Å². The molecule has 1 spiro atoms. The van der Waals surface area contributed by atoms with Crippen LogP contribution in [0.15, 0.2) is 0 Å². The first kappa shape index (κ1) is 3.11. The van der Waals surface area contributed by atoms with Crippen molar-refractivity contribution in [3.05, 3.63) is 0 Å². The molecule has 0 amide bonds. The molecule has 2 fully saturated rings. The van der Waals surface area contributed by atoms with Crippen LogP contribution in [0.25, 0.3) is 0 Å². The van der Waals surface area contributed by atoms with Gasteiger partial charge < -0.3 is 0 Å². The minimum absolute atomic E-state index is 0.315. The average Bonchev–Trinajstić information content (AvgIpc) is 1.51. The van der Waals surface area contributed by atoms with Gasteiger partial charge in [0.1, 0.15) is 0 Å². The number of hydrogen-bond donors (Lipinski definition) is 0. The Labute approximate surface area is 46.3 Å². The van der Waals surface area contributed by atoms with E-state index in [4.69, 9.17) is 1.37 Å². The summed E-state index contributed by atoms with van der Waals surface area (Å²) in [6.45, 7) is 0. The van der Waals surface area contributed by atoms with Crippen LogP contribution in [0.1, 0.15) is 39.9 Å². The van der Waals surface area contributed by atoms with E-state index in [-0.39, 0.29) is 0 Å². The maximum Gasteiger partial charge on any atom is 0.0267 e. The predicted octanol–water partition coefficient (Wildman–Crippen LogP) is 2.34. The monoisotopic (exact) mass is 97.1 g/mol. The van der Waals surface area contributed by atoms with Gasteiger partial charge in [-0.25, -0.2) is 0 Å². The van der Waals surface area contributed by atoms with Gasteiger partial charge in [-0.2, -0.15) is 0 Å². The van der Waals surface area contributed by atoms with E-state index in [9.17, 15) is 0 Å². The molecule has 0 atom stereocenters. The molecule has 0 heteroatoms. The smallest absolute Gasteiger partial charge is 0.0267 e. The Hall–Kier alpha value is 0. The van der Waals surface area contributed by atoms with Crippen LogP contribution in [0.4, 0.5) is 0 Å². The Morgan fingerprint density at radius 1 is 1.14 bits per heavy atom. The molecule has 2 aliphatic rings.